The molecule has 0 bridgehead atoms. The van der Waals surface area contributed by atoms with Crippen molar-refractivity contribution in [1.82, 2.24) is 25.5 Å². The first-order valence-corrected chi connectivity index (χ1v) is 5.35. The minimum Gasteiger partial charge on any atom is -0.480 e. The molecule has 2 N–H and O–H groups in total. The third-order valence-electron chi connectivity index (χ3n) is 2.17. The van der Waals surface area contributed by atoms with Gasteiger partial charge in [-0.05, 0) is 23.3 Å². The van der Waals surface area contributed by atoms with Gasteiger partial charge in [-0.3, -0.25) is 4.79 Å². The standard InChI is InChI=1S/C9H15N5O4/c1-18-4-2-3-7(9(16)17)11-8(15)5-14-6-10-12-13-14/h6-7H,2-5H2,1H3,(H,11,15)(H,16,17). The van der Waals surface area contributed by atoms with Gasteiger partial charge in [-0.1, -0.05) is 0 Å². The quantitative estimate of drug-likeness (QED) is 0.553. The Kier molecular flexibility index (Phi) is 5.71. The number of carbonyl (C=O) groups is 2. The van der Waals surface area contributed by atoms with Crippen LogP contribution in [0.2, 0.25) is 0 Å². The highest BCUT2D eigenvalue weighted by molar-refractivity contribution is 5.83. The Balaban J connectivity index is 2.40. The molecule has 1 rings (SSSR count). The molecule has 100 valence electrons. The lowest BCUT2D eigenvalue weighted by Crippen LogP contribution is -2.42. The lowest BCUT2D eigenvalue weighted by molar-refractivity contribution is -0.142. The first kappa shape index (κ1) is 14.0. The average molecular weight is 257 g/mol. The second-order valence-electron chi connectivity index (χ2n) is 3.60. The Labute approximate surface area is 103 Å². The van der Waals surface area contributed by atoms with E-state index in [1.165, 1.54) is 18.1 Å². The van der Waals surface area contributed by atoms with Crippen molar-refractivity contribution in [2.24, 2.45) is 0 Å². The van der Waals surface area contributed by atoms with E-state index < -0.39 is 17.9 Å². The average Bonchev–Trinajstić information content (AvgIpc) is 2.80. The maximum Gasteiger partial charge on any atom is 0.326 e. The fourth-order valence-electron chi connectivity index (χ4n) is 1.33. The number of hydrogen-bond acceptors (Lipinski definition) is 6. The Morgan fingerprint density at radius 2 is 2.33 bits per heavy atom. The number of amides is 1. The van der Waals surface area contributed by atoms with Crippen LogP contribution in [0.25, 0.3) is 0 Å². The molecule has 9 nitrogen and oxygen atoms in total. The molecule has 1 aromatic rings. The van der Waals surface area contributed by atoms with Crippen molar-refractivity contribution in [3.63, 3.8) is 0 Å². The summed E-state index contributed by atoms with van der Waals surface area (Å²) < 4.78 is 6.04. The number of aromatic nitrogens is 4. The van der Waals surface area contributed by atoms with E-state index in [2.05, 4.69) is 20.8 Å². The van der Waals surface area contributed by atoms with E-state index in [4.69, 9.17) is 9.84 Å². The van der Waals surface area contributed by atoms with Gasteiger partial charge in [-0.15, -0.1) is 5.10 Å². The van der Waals surface area contributed by atoms with Crippen LogP contribution in [-0.2, 0) is 20.9 Å². The highest BCUT2D eigenvalue weighted by Gasteiger charge is 2.19. The zero-order valence-corrected chi connectivity index (χ0v) is 9.94. The number of carboxylic acid groups (broad SMARTS) is 1. The molecule has 0 saturated heterocycles. The van der Waals surface area contributed by atoms with Gasteiger partial charge in [0.15, 0.2) is 0 Å². The van der Waals surface area contributed by atoms with Crippen LogP contribution >= 0.6 is 0 Å². The molecule has 0 aliphatic carbocycles. The van der Waals surface area contributed by atoms with E-state index >= 15 is 0 Å². The summed E-state index contributed by atoms with van der Waals surface area (Å²) in [6.45, 7) is 0.341. The third-order valence-corrected chi connectivity index (χ3v) is 2.17. The number of carbonyl (C=O) groups excluding carboxylic acids is 1. The molecule has 1 atom stereocenters. The molecule has 0 aliphatic rings. The molecule has 0 radical (unpaired) electrons. The monoisotopic (exact) mass is 257 g/mol. The molecule has 18 heavy (non-hydrogen) atoms. The van der Waals surface area contributed by atoms with E-state index in [1.54, 1.807) is 0 Å². The molecular formula is C9H15N5O4. The zero-order valence-electron chi connectivity index (χ0n) is 9.94. The van der Waals surface area contributed by atoms with E-state index in [-0.39, 0.29) is 6.54 Å². The number of methoxy groups -OCH3 is 1. The van der Waals surface area contributed by atoms with Crippen molar-refractivity contribution < 1.29 is 19.4 Å². The molecule has 1 unspecified atom stereocenters. The Morgan fingerprint density at radius 3 is 2.89 bits per heavy atom. The van der Waals surface area contributed by atoms with Crippen molar-refractivity contribution >= 4 is 11.9 Å². The number of nitrogens with one attached hydrogen (secondary N) is 1. The third kappa shape index (κ3) is 4.87. The fraction of sp³-hybridized carbons (Fsp3) is 0.667. The summed E-state index contributed by atoms with van der Waals surface area (Å²) in [5, 5.41) is 21.6. The molecular weight excluding hydrogens is 242 g/mol. The Morgan fingerprint density at radius 1 is 1.56 bits per heavy atom. The summed E-state index contributed by atoms with van der Waals surface area (Å²) in [6, 6.07) is -0.927. The van der Waals surface area contributed by atoms with Crippen molar-refractivity contribution in [1.29, 1.82) is 0 Å². The van der Waals surface area contributed by atoms with Crippen LogP contribution in [0.4, 0.5) is 0 Å². The molecule has 1 amide bonds. The van der Waals surface area contributed by atoms with Crippen LogP contribution in [0.5, 0.6) is 0 Å². The number of nitrogens with zero attached hydrogens (tertiary/aromatic N) is 4. The fourth-order valence-corrected chi connectivity index (χ4v) is 1.33. The summed E-state index contributed by atoms with van der Waals surface area (Å²) in [7, 11) is 1.53. The Hall–Kier alpha value is -2.03. The van der Waals surface area contributed by atoms with Gasteiger partial charge in [0.05, 0.1) is 0 Å². The van der Waals surface area contributed by atoms with Gasteiger partial charge in [0.25, 0.3) is 0 Å². The molecule has 1 heterocycles. The lowest BCUT2D eigenvalue weighted by atomic mass is 10.1. The largest absolute Gasteiger partial charge is 0.480 e. The van der Waals surface area contributed by atoms with Crippen molar-refractivity contribution in [2.45, 2.75) is 25.4 Å². The Bertz CT molecular complexity index is 380. The van der Waals surface area contributed by atoms with Crippen LogP contribution in [0.15, 0.2) is 6.33 Å². The number of aliphatic carboxylic acids is 1. The zero-order chi connectivity index (χ0) is 13.4. The predicted molar refractivity (Wildman–Crippen MR) is 58.5 cm³/mol. The lowest BCUT2D eigenvalue weighted by Gasteiger charge is -2.13. The van der Waals surface area contributed by atoms with Gasteiger partial charge in [0.2, 0.25) is 5.91 Å². The first-order valence-electron chi connectivity index (χ1n) is 5.35. The van der Waals surface area contributed by atoms with E-state index in [0.29, 0.717) is 19.4 Å². The highest BCUT2D eigenvalue weighted by Crippen LogP contribution is 1.98. The van der Waals surface area contributed by atoms with Crippen LogP contribution < -0.4 is 5.32 Å². The maximum atomic E-state index is 11.5. The highest BCUT2D eigenvalue weighted by atomic mass is 16.5. The second-order valence-corrected chi connectivity index (χ2v) is 3.60. The number of ether oxygens (including phenoxy) is 1. The van der Waals surface area contributed by atoms with Crippen LogP contribution in [0.1, 0.15) is 12.8 Å². The molecule has 0 spiro atoms. The SMILES string of the molecule is COCCCC(NC(=O)Cn1cnnn1)C(=O)O. The van der Waals surface area contributed by atoms with Crippen molar-refractivity contribution in [3.8, 4) is 0 Å². The first-order chi connectivity index (χ1) is 8.63. The maximum absolute atomic E-state index is 11.5. The van der Waals surface area contributed by atoms with E-state index in [1.807, 2.05) is 0 Å². The molecule has 0 aromatic carbocycles. The number of tetrazole rings is 1. The van der Waals surface area contributed by atoms with E-state index in [0.717, 1.165) is 0 Å². The summed E-state index contributed by atoms with van der Waals surface area (Å²) >= 11 is 0. The van der Waals surface area contributed by atoms with Crippen LogP contribution in [-0.4, -0.2) is 56.9 Å². The van der Waals surface area contributed by atoms with Gasteiger partial charge in [-0.25, -0.2) is 9.48 Å². The molecule has 0 fully saturated rings. The van der Waals surface area contributed by atoms with Crippen molar-refractivity contribution in [3.05, 3.63) is 6.33 Å². The van der Waals surface area contributed by atoms with Crippen molar-refractivity contribution in [2.75, 3.05) is 13.7 Å². The summed E-state index contributed by atoms with van der Waals surface area (Å²) in [4.78, 5) is 22.5. The number of rotatable bonds is 8. The summed E-state index contributed by atoms with van der Waals surface area (Å²) in [6.07, 6.45) is 2.14. The van der Waals surface area contributed by atoms with Gasteiger partial charge in [0, 0.05) is 13.7 Å². The molecule has 9 heteroatoms. The number of hydrogen-bond donors (Lipinski definition) is 2. The van der Waals surface area contributed by atoms with Gasteiger partial charge in [0.1, 0.15) is 18.9 Å². The second kappa shape index (κ2) is 7.33. The van der Waals surface area contributed by atoms with Gasteiger partial charge < -0.3 is 15.2 Å². The number of carboxylic acids is 1. The summed E-state index contributed by atoms with van der Waals surface area (Å²) in [5.74, 6) is -1.52. The normalized spacial score (nSPS) is 12.1. The summed E-state index contributed by atoms with van der Waals surface area (Å²) in [5.41, 5.74) is 0. The molecule has 1 aromatic heterocycles. The van der Waals surface area contributed by atoms with E-state index in [9.17, 15) is 9.59 Å². The topological polar surface area (TPSA) is 119 Å². The minimum atomic E-state index is -1.07. The predicted octanol–water partition coefficient (Wildman–Crippen LogP) is -1.33. The van der Waals surface area contributed by atoms with Gasteiger partial charge in [-0.2, -0.15) is 0 Å². The van der Waals surface area contributed by atoms with Crippen LogP contribution in [0.3, 0.4) is 0 Å². The molecule has 0 saturated carbocycles. The molecule has 0 aliphatic heterocycles. The van der Waals surface area contributed by atoms with Gasteiger partial charge >= 0.3 is 5.97 Å². The minimum absolute atomic E-state index is 0.110. The van der Waals surface area contributed by atoms with Crippen LogP contribution in [0, 0.1) is 0 Å². The smallest absolute Gasteiger partial charge is 0.326 e.